The largest absolute Gasteiger partial charge is 0.389 e. The summed E-state index contributed by atoms with van der Waals surface area (Å²) in [4.78, 5) is 9.56. The lowest BCUT2D eigenvalue weighted by Gasteiger charge is -1.72. The minimum absolute atomic E-state index is 0.190. The van der Waals surface area contributed by atoms with Crippen molar-refractivity contribution < 1.29 is 20.4 Å². The van der Waals surface area contributed by atoms with Crippen LogP contribution in [-0.4, -0.2) is 28.0 Å². The highest BCUT2D eigenvalue weighted by atomic mass is 17.0. The average Bonchev–Trinajstić information content (AvgIpc) is 1.73. The minimum atomic E-state index is -0.333. The molecule has 0 rings (SSSR count). The van der Waals surface area contributed by atoms with Crippen molar-refractivity contribution in [2.75, 3.05) is 6.61 Å². The summed E-state index contributed by atoms with van der Waals surface area (Å²) in [5.74, 6) is -0.190. The summed E-state index contributed by atoms with van der Waals surface area (Å²) < 4.78 is 0. The average molecular weight is 108 g/mol. The third-order valence-electron chi connectivity index (χ3n) is 0.223. The van der Waals surface area contributed by atoms with Gasteiger partial charge in [-0.25, -0.2) is 0 Å². The lowest BCUT2D eigenvalue weighted by atomic mass is 10.5. The van der Waals surface area contributed by atoms with E-state index < -0.39 is 0 Å². The summed E-state index contributed by atoms with van der Waals surface area (Å²) in [6.07, 6.45) is 0. The number of carbonyl (C=O) groups excluding carboxylic acids is 1. The Morgan fingerprint density at radius 2 is 1.71 bits per heavy atom. The number of carbonyl (C=O) groups is 1. The van der Waals surface area contributed by atoms with Crippen molar-refractivity contribution in [2.45, 2.75) is 6.92 Å². The van der Waals surface area contributed by atoms with Crippen LogP contribution in [0.4, 0.5) is 0 Å². The lowest BCUT2D eigenvalue weighted by Crippen LogP contribution is -1.93. The second kappa shape index (κ2) is 9.12. The zero-order valence-electron chi connectivity index (χ0n) is 3.96. The van der Waals surface area contributed by atoms with Crippen LogP contribution in [-0.2, 0) is 4.79 Å². The Morgan fingerprint density at radius 3 is 1.71 bits per heavy atom. The van der Waals surface area contributed by atoms with Gasteiger partial charge in [-0.05, 0) is 6.92 Å². The number of aliphatic hydroxyl groups is 1. The van der Waals surface area contributed by atoms with Gasteiger partial charge in [0, 0.05) is 0 Å². The molecule has 0 aromatic rings. The molecule has 7 heavy (non-hydrogen) atoms. The normalized spacial score (nSPS) is 6.29. The maximum atomic E-state index is 9.56. The number of hydrogen-bond acceptors (Lipinski definition) is 4. The molecule has 0 radical (unpaired) electrons. The molecular weight excluding hydrogens is 100 g/mol. The van der Waals surface area contributed by atoms with E-state index in [0.29, 0.717) is 0 Å². The fourth-order valence-corrected chi connectivity index (χ4v) is 0. The lowest BCUT2D eigenvalue weighted by molar-refractivity contribution is -0.176. The van der Waals surface area contributed by atoms with Crippen LogP contribution >= 0.6 is 0 Å². The molecule has 0 bridgehead atoms. The predicted octanol–water partition coefficient (Wildman–Crippen LogP) is -0.415. The van der Waals surface area contributed by atoms with E-state index in [9.17, 15) is 4.79 Å². The van der Waals surface area contributed by atoms with E-state index in [1.54, 1.807) is 0 Å². The molecule has 0 aromatic heterocycles. The Bertz CT molecular complexity index is 42.2. The van der Waals surface area contributed by atoms with Crippen molar-refractivity contribution in [2.24, 2.45) is 0 Å². The monoisotopic (exact) mass is 108 g/mol. The summed E-state index contributed by atoms with van der Waals surface area (Å²) >= 11 is 0. The highest BCUT2D eigenvalue weighted by Crippen LogP contribution is 1.55. The molecule has 0 saturated heterocycles. The Hall–Kier alpha value is -0.450. The maximum absolute atomic E-state index is 9.56. The SMILES string of the molecule is CC(=O)CO.OO. The Kier molecular flexibility index (Phi) is 12.7. The zero-order valence-corrected chi connectivity index (χ0v) is 3.96. The third-order valence-corrected chi connectivity index (χ3v) is 0.223. The molecule has 3 N–H and O–H groups in total. The van der Waals surface area contributed by atoms with Gasteiger partial charge in [0.15, 0.2) is 5.78 Å². The van der Waals surface area contributed by atoms with E-state index >= 15 is 0 Å². The van der Waals surface area contributed by atoms with Crippen LogP contribution in [0.2, 0.25) is 0 Å². The van der Waals surface area contributed by atoms with Crippen molar-refractivity contribution in [3.05, 3.63) is 0 Å². The van der Waals surface area contributed by atoms with Gasteiger partial charge in [-0.1, -0.05) is 0 Å². The molecule has 0 atom stereocenters. The molecule has 0 amide bonds. The molecule has 4 heteroatoms. The van der Waals surface area contributed by atoms with Crippen LogP contribution in [0.1, 0.15) is 6.92 Å². The van der Waals surface area contributed by atoms with Crippen LogP contribution in [0.5, 0.6) is 0 Å². The standard InChI is InChI=1S/C3H6O2.H2O2/c1-3(5)2-4;1-2/h4H,2H2,1H3;1-2H. The van der Waals surface area contributed by atoms with Crippen LogP contribution in [0.3, 0.4) is 0 Å². The first-order chi connectivity index (χ1) is 3.27. The highest BCUT2D eigenvalue weighted by Gasteiger charge is 1.78. The van der Waals surface area contributed by atoms with Gasteiger partial charge >= 0.3 is 0 Å². The second-order valence-electron chi connectivity index (χ2n) is 0.860. The molecular formula is C3H8O4. The van der Waals surface area contributed by atoms with Crippen molar-refractivity contribution in [3.8, 4) is 0 Å². The zero-order chi connectivity index (χ0) is 6.28. The van der Waals surface area contributed by atoms with Crippen molar-refractivity contribution >= 4 is 5.78 Å². The Morgan fingerprint density at radius 1 is 1.57 bits per heavy atom. The van der Waals surface area contributed by atoms with E-state index in [1.807, 2.05) is 0 Å². The van der Waals surface area contributed by atoms with Gasteiger partial charge in [0.1, 0.15) is 6.61 Å². The van der Waals surface area contributed by atoms with Gasteiger partial charge in [0.2, 0.25) is 0 Å². The Labute approximate surface area is 40.9 Å². The predicted molar refractivity (Wildman–Crippen MR) is 23.0 cm³/mol. The topological polar surface area (TPSA) is 77.8 Å². The fourth-order valence-electron chi connectivity index (χ4n) is 0. The van der Waals surface area contributed by atoms with Gasteiger partial charge in [0.05, 0.1) is 0 Å². The van der Waals surface area contributed by atoms with E-state index in [-0.39, 0.29) is 12.4 Å². The number of hydrogen-bond donors (Lipinski definition) is 3. The molecule has 0 unspecified atom stereocenters. The molecule has 0 saturated carbocycles. The molecule has 0 aliphatic carbocycles. The van der Waals surface area contributed by atoms with Crippen LogP contribution < -0.4 is 0 Å². The number of Topliss-reactive ketones (excluding diaryl/α,β-unsaturated/α-hetero) is 1. The molecule has 44 valence electrons. The van der Waals surface area contributed by atoms with Crippen molar-refractivity contribution in [3.63, 3.8) is 0 Å². The second-order valence-corrected chi connectivity index (χ2v) is 0.860. The minimum Gasteiger partial charge on any atom is -0.389 e. The molecule has 0 aliphatic rings. The summed E-state index contributed by atoms with van der Waals surface area (Å²) in [7, 11) is 0. The molecule has 0 fully saturated rings. The third kappa shape index (κ3) is 29.1. The van der Waals surface area contributed by atoms with E-state index in [4.69, 9.17) is 15.6 Å². The molecule has 0 aromatic carbocycles. The van der Waals surface area contributed by atoms with Crippen molar-refractivity contribution in [1.29, 1.82) is 0 Å². The number of aliphatic hydroxyl groups excluding tert-OH is 1. The first kappa shape index (κ1) is 9.75. The first-order valence-corrected chi connectivity index (χ1v) is 1.57. The van der Waals surface area contributed by atoms with E-state index in [0.717, 1.165) is 0 Å². The summed E-state index contributed by atoms with van der Waals surface area (Å²) in [6.45, 7) is 1.000. The van der Waals surface area contributed by atoms with Crippen LogP contribution in [0, 0.1) is 0 Å². The molecule has 0 aliphatic heterocycles. The molecule has 4 nitrogen and oxygen atoms in total. The fraction of sp³-hybridized carbons (Fsp3) is 0.667. The quantitative estimate of drug-likeness (QED) is 0.315. The van der Waals surface area contributed by atoms with Gasteiger partial charge in [-0.2, -0.15) is 0 Å². The Balaban J connectivity index is 0. The van der Waals surface area contributed by atoms with Gasteiger partial charge in [-0.3, -0.25) is 15.3 Å². The summed E-state index contributed by atoms with van der Waals surface area (Å²) in [5, 5.41) is 19.8. The number of rotatable bonds is 1. The first-order valence-electron chi connectivity index (χ1n) is 1.57. The highest BCUT2D eigenvalue weighted by molar-refractivity contribution is 5.76. The maximum Gasteiger partial charge on any atom is 0.155 e. The molecule has 0 spiro atoms. The summed E-state index contributed by atoms with van der Waals surface area (Å²) in [6, 6.07) is 0. The molecule has 0 heterocycles. The van der Waals surface area contributed by atoms with Crippen LogP contribution in [0.15, 0.2) is 0 Å². The van der Waals surface area contributed by atoms with Crippen LogP contribution in [0.25, 0.3) is 0 Å². The van der Waals surface area contributed by atoms with Gasteiger partial charge < -0.3 is 5.11 Å². The summed E-state index contributed by atoms with van der Waals surface area (Å²) in [5.41, 5.74) is 0. The van der Waals surface area contributed by atoms with E-state index in [2.05, 4.69) is 0 Å². The van der Waals surface area contributed by atoms with E-state index in [1.165, 1.54) is 6.92 Å². The van der Waals surface area contributed by atoms with Gasteiger partial charge in [0.25, 0.3) is 0 Å². The van der Waals surface area contributed by atoms with Crippen molar-refractivity contribution in [1.82, 2.24) is 0 Å². The smallest absolute Gasteiger partial charge is 0.155 e. The van der Waals surface area contributed by atoms with Gasteiger partial charge in [-0.15, -0.1) is 0 Å². The number of ketones is 1.